The van der Waals surface area contributed by atoms with Crippen molar-refractivity contribution < 1.29 is 14.3 Å². The van der Waals surface area contributed by atoms with E-state index in [1.54, 1.807) is 36.4 Å². The SMILES string of the molecule is CC(=O)Nc1cccc(NC(=O)c2ccc(COc3ccc(C(C)(C)C)cc3)cc2)c1. The minimum absolute atomic E-state index is 0.111. The molecule has 2 N–H and O–H groups in total. The van der Waals surface area contributed by atoms with Crippen LogP contribution in [0.2, 0.25) is 0 Å². The summed E-state index contributed by atoms with van der Waals surface area (Å²) in [6, 6.07) is 22.5. The molecular formula is C26H28N2O3. The van der Waals surface area contributed by atoms with Crippen molar-refractivity contribution in [3.63, 3.8) is 0 Å². The van der Waals surface area contributed by atoms with Gasteiger partial charge in [-0.05, 0) is 59.0 Å². The summed E-state index contributed by atoms with van der Waals surface area (Å²) in [6.45, 7) is 8.41. The second-order valence-electron chi connectivity index (χ2n) is 8.48. The lowest BCUT2D eigenvalue weighted by Crippen LogP contribution is -2.12. The molecule has 0 saturated heterocycles. The summed E-state index contributed by atoms with van der Waals surface area (Å²) in [4.78, 5) is 23.7. The Morgan fingerprint density at radius 3 is 2.03 bits per heavy atom. The summed E-state index contributed by atoms with van der Waals surface area (Å²) in [7, 11) is 0. The van der Waals surface area contributed by atoms with Gasteiger partial charge in [0, 0.05) is 23.9 Å². The van der Waals surface area contributed by atoms with Gasteiger partial charge >= 0.3 is 0 Å². The van der Waals surface area contributed by atoms with Crippen molar-refractivity contribution in [3.05, 3.63) is 89.5 Å². The number of benzene rings is 3. The molecule has 0 fully saturated rings. The van der Waals surface area contributed by atoms with Gasteiger partial charge in [-0.25, -0.2) is 0 Å². The molecule has 0 aliphatic heterocycles. The van der Waals surface area contributed by atoms with Crippen LogP contribution in [0.5, 0.6) is 5.75 Å². The maximum absolute atomic E-state index is 12.5. The minimum atomic E-state index is -0.217. The maximum atomic E-state index is 12.5. The Bertz CT molecular complexity index is 1050. The van der Waals surface area contributed by atoms with E-state index >= 15 is 0 Å². The van der Waals surface area contributed by atoms with E-state index in [1.807, 2.05) is 24.3 Å². The third-order valence-electron chi connectivity index (χ3n) is 4.78. The van der Waals surface area contributed by atoms with Gasteiger partial charge in [0.1, 0.15) is 12.4 Å². The van der Waals surface area contributed by atoms with Gasteiger partial charge in [0.25, 0.3) is 5.91 Å². The number of carbonyl (C=O) groups is 2. The molecule has 0 bridgehead atoms. The van der Waals surface area contributed by atoms with Crippen LogP contribution in [-0.2, 0) is 16.8 Å². The predicted octanol–water partition coefficient (Wildman–Crippen LogP) is 5.77. The molecule has 0 aliphatic carbocycles. The number of ether oxygens (including phenoxy) is 1. The second-order valence-corrected chi connectivity index (χ2v) is 8.48. The van der Waals surface area contributed by atoms with E-state index < -0.39 is 0 Å². The van der Waals surface area contributed by atoms with E-state index in [1.165, 1.54) is 12.5 Å². The van der Waals surface area contributed by atoms with Crippen molar-refractivity contribution in [2.45, 2.75) is 39.7 Å². The molecule has 0 aromatic heterocycles. The van der Waals surface area contributed by atoms with Gasteiger partial charge in [-0.3, -0.25) is 9.59 Å². The third-order valence-corrected chi connectivity index (χ3v) is 4.78. The minimum Gasteiger partial charge on any atom is -0.489 e. The first-order valence-electron chi connectivity index (χ1n) is 10.2. The van der Waals surface area contributed by atoms with Gasteiger partial charge in [0.2, 0.25) is 5.91 Å². The lowest BCUT2D eigenvalue weighted by Gasteiger charge is -2.19. The average molecular weight is 417 g/mol. The smallest absolute Gasteiger partial charge is 0.255 e. The summed E-state index contributed by atoms with van der Waals surface area (Å²) in [5.74, 6) is 0.436. The quantitative estimate of drug-likeness (QED) is 0.536. The second kappa shape index (κ2) is 9.47. The standard InChI is InChI=1S/C26H28N2O3/c1-18(29)27-22-6-5-7-23(16-22)28-25(30)20-10-8-19(9-11-20)17-31-24-14-12-21(13-15-24)26(2,3)4/h5-16H,17H2,1-4H3,(H,27,29)(H,28,30). The number of rotatable bonds is 6. The first kappa shape index (κ1) is 22.1. The monoisotopic (exact) mass is 416 g/mol. The Balaban J connectivity index is 1.57. The van der Waals surface area contributed by atoms with E-state index in [0.717, 1.165) is 11.3 Å². The number of hydrogen-bond donors (Lipinski definition) is 2. The van der Waals surface area contributed by atoms with Gasteiger partial charge in [-0.1, -0.05) is 51.1 Å². The molecule has 0 heterocycles. The molecule has 2 amide bonds. The third kappa shape index (κ3) is 6.44. The van der Waals surface area contributed by atoms with Crippen molar-refractivity contribution in [2.75, 3.05) is 10.6 Å². The molecule has 0 unspecified atom stereocenters. The molecule has 5 nitrogen and oxygen atoms in total. The van der Waals surface area contributed by atoms with Crippen LogP contribution in [0.1, 0.15) is 49.2 Å². The molecule has 3 rings (SSSR count). The summed E-state index contributed by atoms with van der Waals surface area (Å²) in [5.41, 5.74) is 4.14. The van der Waals surface area contributed by atoms with E-state index in [4.69, 9.17) is 4.74 Å². The zero-order chi connectivity index (χ0) is 22.4. The van der Waals surface area contributed by atoms with Crippen LogP contribution in [0.4, 0.5) is 11.4 Å². The number of carbonyl (C=O) groups excluding carboxylic acids is 2. The normalized spacial score (nSPS) is 11.0. The van der Waals surface area contributed by atoms with Gasteiger partial charge in [0.15, 0.2) is 0 Å². The van der Waals surface area contributed by atoms with Crippen molar-refractivity contribution in [2.24, 2.45) is 0 Å². The Kier molecular flexibility index (Phi) is 6.75. The Morgan fingerprint density at radius 2 is 1.45 bits per heavy atom. The lowest BCUT2D eigenvalue weighted by molar-refractivity contribution is -0.114. The molecule has 0 radical (unpaired) electrons. The van der Waals surface area contributed by atoms with Crippen LogP contribution in [0, 0.1) is 0 Å². The molecular weight excluding hydrogens is 388 g/mol. The largest absolute Gasteiger partial charge is 0.489 e. The van der Waals surface area contributed by atoms with Crippen LogP contribution in [0.15, 0.2) is 72.8 Å². The molecule has 0 spiro atoms. The summed E-state index contributed by atoms with van der Waals surface area (Å²) in [6.07, 6.45) is 0. The van der Waals surface area contributed by atoms with Gasteiger partial charge in [0.05, 0.1) is 0 Å². The van der Waals surface area contributed by atoms with Crippen molar-refractivity contribution in [1.29, 1.82) is 0 Å². The van der Waals surface area contributed by atoms with E-state index in [0.29, 0.717) is 23.5 Å². The fourth-order valence-corrected chi connectivity index (χ4v) is 3.05. The van der Waals surface area contributed by atoms with Crippen LogP contribution < -0.4 is 15.4 Å². The molecule has 5 heteroatoms. The first-order chi connectivity index (χ1) is 14.7. The molecule has 0 atom stereocenters. The van der Waals surface area contributed by atoms with Crippen molar-refractivity contribution >= 4 is 23.2 Å². The Labute approximate surface area is 183 Å². The summed E-state index contributed by atoms with van der Waals surface area (Å²) >= 11 is 0. The fourth-order valence-electron chi connectivity index (χ4n) is 3.05. The summed E-state index contributed by atoms with van der Waals surface area (Å²) < 4.78 is 5.87. The van der Waals surface area contributed by atoms with Crippen molar-refractivity contribution in [1.82, 2.24) is 0 Å². The topological polar surface area (TPSA) is 67.4 Å². The fraction of sp³-hybridized carbons (Fsp3) is 0.231. The Morgan fingerprint density at radius 1 is 0.839 bits per heavy atom. The van der Waals surface area contributed by atoms with Gasteiger partial charge in [-0.15, -0.1) is 0 Å². The summed E-state index contributed by atoms with van der Waals surface area (Å²) in [5, 5.41) is 5.54. The van der Waals surface area contributed by atoms with Crippen LogP contribution in [-0.4, -0.2) is 11.8 Å². The first-order valence-corrected chi connectivity index (χ1v) is 10.2. The molecule has 0 aliphatic rings. The highest BCUT2D eigenvalue weighted by Crippen LogP contribution is 2.24. The molecule has 0 saturated carbocycles. The zero-order valence-corrected chi connectivity index (χ0v) is 18.4. The lowest BCUT2D eigenvalue weighted by atomic mass is 9.87. The van der Waals surface area contributed by atoms with E-state index in [9.17, 15) is 9.59 Å². The molecule has 31 heavy (non-hydrogen) atoms. The highest BCUT2D eigenvalue weighted by molar-refractivity contribution is 6.04. The number of nitrogens with one attached hydrogen (secondary N) is 2. The predicted molar refractivity (Wildman–Crippen MR) is 125 cm³/mol. The number of anilines is 2. The Hall–Kier alpha value is -3.60. The molecule has 3 aromatic carbocycles. The molecule has 160 valence electrons. The highest BCUT2D eigenvalue weighted by Gasteiger charge is 2.13. The van der Waals surface area contributed by atoms with Crippen LogP contribution >= 0.6 is 0 Å². The average Bonchev–Trinajstić information content (AvgIpc) is 2.72. The van der Waals surface area contributed by atoms with Crippen LogP contribution in [0.3, 0.4) is 0 Å². The van der Waals surface area contributed by atoms with Crippen LogP contribution in [0.25, 0.3) is 0 Å². The van der Waals surface area contributed by atoms with E-state index in [-0.39, 0.29) is 17.2 Å². The number of hydrogen-bond acceptors (Lipinski definition) is 3. The maximum Gasteiger partial charge on any atom is 0.255 e. The highest BCUT2D eigenvalue weighted by atomic mass is 16.5. The van der Waals surface area contributed by atoms with Gasteiger partial charge in [-0.2, -0.15) is 0 Å². The van der Waals surface area contributed by atoms with E-state index in [2.05, 4.69) is 43.5 Å². The zero-order valence-electron chi connectivity index (χ0n) is 18.4. The molecule has 3 aromatic rings. The van der Waals surface area contributed by atoms with Crippen molar-refractivity contribution in [3.8, 4) is 5.75 Å². The number of amides is 2. The van der Waals surface area contributed by atoms with Gasteiger partial charge < -0.3 is 15.4 Å².